The molecule has 0 aliphatic carbocycles. The van der Waals surface area contributed by atoms with E-state index in [1.54, 1.807) is 25.1 Å². The molecule has 1 unspecified atom stereocenters. The van der Waals surface area contributed by atoms with Gasteiger partial charge in [0, 0.05) is 30.4 Å². The number of carbonyl (C=O) groups is 4. The largest absolute Gasteiger partial charge is 0.350 e. The number of ketones is 1. The summed E-state index contributed by atoms with van der Waals surface area (Å²) in [6.45, 7) is 5.62. The maximum Gasteiger partial charge on any atom is 0.289 e. The van der Waals surface area contributed by atoms with Crippen molar-refractivity contribution in [2.24, 2.45) is 5.92 Å². The van der Waals surface area contributed by atoms with Crippen molar-refractivity contribution < 1.29 is 19.2 Å². The van der Waals surface area contributed by atoms with E-state index in [9.17, 15) is 19.2 Å². The van der Waals surface area contributed by atoms with Gasteiger partial charge in [0.05, 0.1) is 10.0 Å². The zero-order chi connectivity index (χ0) is 26.7. The van der Waals surface area contributed by atoms with E-state index in [0.29, 0.717) is 27.3 Å². The van der Waals surface area contributed by atoms with Crippen molar-refractivity contribution in [1.29, 1.82) is 0 Å². The molecular weight excluding hydrogens is 541 g/mol. The lowest BCUT2D eigenvalue weighted by atomic mass is 9.98. The highest BCUT2D eigenvalue weighted by atomic mass is 35.5. The highest BCUT2D eigenvalue weighted by molar-refractivity contribution is 8.77. The summed E-state index contributed by atoms with van der Waals surface area (Å²) >= 11 is 12.1. The molecule has 7 nitrogen and oxygen atoms in total. The van der Waals surface area contributed by atoms with Crippen LogP contribution in [0.2, 0.25) is 10.0 Å². The second kappa shape index (κ2) is 15.7. The van der Waals surface area contributed by atoms with E-state index in [-0.39, 0.29) is 24.8 Å². The minimum Gasteiger partial charge on any atom is -0.350 e. The third kappa shape index (κ3) is 10.1. The summed E-state index contributed by atoms with van der Waals surface area (Å²) in [7, 11) is 3.83. The van der Waals surface area contributed by atoms with Gasteiger partial charge in [-0.3, -0.25) is 19.2 Å². The number of nitrogens with one attached hydrogen (secondary N) is 3. The molecule has 3 amide bonds. The van der Waals surface area contributed by atoms with Gasteiger partial charge in [0.25, 0.3) is 5.91 Å². The Morgan fingerprint density at radius 1 is 1.08 bits per heavy atom. The molecule has 3 N–H and O–H groups in total. The lowest BCUT2D eigenvalue weighted by molar-refractivity contribution is -0.140. The molecule has 1 saturated heterocycles. The first-order chi connectivity index (χ1) is 17.1. The average molecular weight is 577 g/mol. The van der Waals surface area contributed by atoms with E-state index in [1.165, 1.54) is 12.2 Å². The van der Waals surface area contributed by atoms with Crippen molar-refractivity contribution in [1.82, 2.24) is 16.0 Å². The van der Waals surface area contributed by atoms with Gasteiger partial charge in [-0.05, 0) is 49.8 Å². The molecular formula is C25H35Cl2N3O4S2. The lowest BCUT2D eigenvalue weighted by Crippen LogP contribution is -2.56. The van der Waals surface area contributed by atoms with Gasteiger partial charge in [-0.25, -0.2) is 0 Å². The minimum absolute atomic E-state index is 0.0504. The van der Waals surface area contributed by atoms with Crippen LogP contribution in [-0.2, 0) is 25.6 Å². The first-order valence-corrected chi connectivity index (χ1v) is 15.4. The van der Waals surface area contributed by atoms with Crippen LogP contribution in [0.15, 0.2) is 18.2 Å². The molecule has 1 aliphatic rings. The van der Waals surface area contributed by atoms with Gasteiger partial charge in [-0.15, -0.1) is 0 Å². The Balaban J connectivity index is 2.02. The number of likely N-dealkylation sites (N-methyl/N-ethyl adjacent to an activating group) is 1. The van der Waals surface area contributed by atoms with Crippen molar-refractivity contribution in [3.63, 3.8) is 0 Å². The standard InChI is InChI=1S/C25H35Cl2N3O4S2/c1-4-28-25(34)23(32)20(14-16-9-10-18(26)19(27)13-16)29-24(33)22(15(2)3)30-21(31)8-6-5-7-17-11-12-35-36-17/h9-10,13,15,17,20,22H,4-8,11-12,14H2,1-3H3,(H,28,34)(H,29,33)(H,30,31)/t17?,20-,22-/m0/s1. The van der Waals surface area contributed by atoms with Crippen molar-refractivity contribution >= 4 is 68.3 Å². The Labute approximate surface area is 231 Å². The number of benzene rings is 1. The maximum absolute atomic E-state index is 13.2. The Hall–Kier alpha value is -1.42. The number of hydrogen-bond donors (Lipinski definition) is 3. The number of halogens is 2. The molecule has 1 aromatic rings. The Morgan fingerprint density at radius 3 is 2.44 bits per heavy atom. The highest BCUT2D eigenvalue weighted by Crippen LogP contribution is 2.39. The van der Waals surface area contributed by atoms with Crippen molar-refractivity contribution in [2.75, 3.05) is 12.3 Å². The van der Waals surface area contributed by atoms with Crippen LogP contribution in [0.3, 0.4) is 0 Å². The monoisotopic (exact) mass is 575 g/mol. The fourth-order valence-electron chi connectivity index (χ4n) is 3.78. The van der Waals surface area contributed by atoms with Crippen molar-refractivity contribution in [3.8, 4) is 0 Å². The fourth-order valence-corrected chi connectivity index (χ4v) is 7.13. The average Bonchev–Trinajstić information content (AvgIpc) is 3.35. The maximum atomic E-state index is 13.2. The summed E-state index contributed by atoms with van der Waals surface area (Å²) in [6, 6.07) is 2.91. The van der Waals surface area contributed by atoms with Crippen molar-refractivity contribution in [3.05, 3.63) is 33.8 Å². The molecule has 2 rings (SSSR count). The SMILES string of the molecule is CCNC(=O)C(=O)[C@H](Cc1ccc(Cl)c(Cl)c1)NC(=O)[C@@H](NC(=O)CCCCC1CCSS1)C(C)C. The topological polar surface area (TPSA) is 104 Å². The van der Waals surface area contributed by atoms with Gasteiger partial charge >= 0.3 is 0 Å². The van der Waals surface area contributed by atoms with Crippen LogP contribution < -0.4 is 16.0 Å². The number of carbonyl (C=O) groups excluding carboxylic acids is 4. The first kappa shape index (κ1) is 30.8. The molecule has 0 aromatic heterocycles. The van der Waals surface area contributed by atoms with Crippen LogP contribution in [0.25, 0.3) is 0 Å². The number of amides is 3. The van der Waals surface area contributed by atoms with Gasteiger partial charge in [-0.1, -0.05) is 71.1 Å². The van der Waals surface area contributed by atoms with E-state index >= 15 is 0 Å². The molecule has 1 aromatic carbocycles. The van der Waals surface area contributed by atoms with E-state index < -0.39 is 29.7 Å². The molecule has 200 valence electrons. The molecule has 0 spiro atoms. The molecule has 0 saturated carbocycles. The van der Waals surface area contributed by atoms with Gasteiger partial charge < -0.3 is 16.0 Å². The smallest absolute Gasteiger partial charge is 0.289 e. The third-order valence-electron chi connectivity index (χ3n) is 5.79. The van der Waals surface area contributed by atoms with Crippen molar-refractivity contribution in [2.45, 2.75) is 76.6 Å². The van der Waals surface area contributed by atoms with E-state index in [2.05, 4.69) is 16.0 Å². The Morgan fingerprint density at radius 2 is 1.83 bits per heavy atom. The molecule has 11 heteroatoms. The zero-order valence-corrected chi connectivity index (χ0v) is 24.0. The quantitative estimate of drug-likeness (QED) is 0.170. The predicted octanol–water partition coefficient (Wildman–Crippen LogP) is 4.58. The highest BCUT2D eigenvalue weighted by Gasteiger charge is 2.31. The van der Waals surface area contributed by atoms with Crippen LogP contribution >= 0.6 is 44.8 Å². The molecule has 3 atom stereocenters. The summed E-state index contributed by atoms with van der Waals surface area (Å²) < 4.78 is 0. The molecule has 1 aliphatic heterocycles. The minimum atomic E-state index is -1.12. The third-order valence-corrected chi connectivity index (χ3v) is 9.54. The predicted molar refractivity (Wildman–Crippen MR) is 149 cm³/mol. The number of hydrogen-bond acceptors (Lipinski definition) is 6. The summed E-state index contributed by atoms with van der Waals surface area (Å²) in [4.78, 5) is 50.9. The fraction of sp³-hybridized carbons (Fsp3) is 0.600. The molecule has 1 fully saturated rings. The van der Waals surface area contributed by atoms with Crippen LogP contribution in [0.4, 0.5) is 0 Å². The van der Waals surface area contributed by atoms with Crippen LogP contribution in [0, 0.1) is 5.92 Å². The summed E-state index contributed by atoms with van der Waals surface area (Å²) in [5.41, 5.74) is 0.635. The summed E-state index contributed by atoms with van der Waals surface area (Å²) in [5.74, 6) is -1.30. The Bertz CT molecular complexity index is 927. The second-order valence-corrected chi connectivity index (χ2v) is 12.7. The number of unbranched alkanes of at least 4 members (excludes halogenated alkanes) is 1. The summed E-state index contributed by atoms with van der Waals surface area (Å²) in [5, 5.41) is 9.31. The van der Waals surface area contributed by atoms with Crippen LogP contribution in [0.1, 0.15) is 58.4 Å². The molecule has 36 heavy (non-hydrogen) atoms. The molecule has 0 bridgehead atoms. The Kier molecular flexibility index (Phi) is 13.5. The lowest BCUT2D eigenvalue weighted by Gasteiger charge is -2.25. The van der Waals surface area contributed by atoms with Crippen LogP contribution in [0.5, 0.6) is 0 Å². The molecule has 0 radical (unpaired) electrons. The van der Waals surface area contributed by atoms with E-state index in [4.69, 9.17) is 23.2 Å². The number of rotatable bonds is 14. The van der Waals surface area contributed by atoms with Gasteiger partial charge in [-0.2, -0.15) is 0 Å². The summed E-state index contributed by atoms with van der Waals surface area (Å²) in [6.07, 6.45) is 4.43. The zero-order valence-electron chi connectivity index (χ0n) is 20.9. The first-order valence-electron chi connectivity index (χ1n) is 12.3. The van der Waals surface area contributed by atoms with Gasteiger partial charge in [0.2, 0.25) is 17.6 Å². The van der Waals surface area contributed by atoms with E-state index in [0.717, 1.165) is 19.3 Å². The second-order valence-electron chi connectivity index (χ2n) is 9.10. The van der Waals surface area contributed by atoms with E-state index in [1.807, 2.05) is 35.4 Å². The normalized spacial score (nSPS) is 16.9. The van der Waals surface area contributed by atoms with Gasteiger partial charge in [0.15, 0.2) is 0 Å². The van der Waals surface area contributed by atoms with Gasteiger partial charge in [0.1, 0.15) is 12.1 Å². The molecule has 1 heterocycles. The van der Waals surface area contributed by atoms with Crippen LogP contribution in [-0.4, -0.2) is 53.1 Å². The number of Topliss-reactive ketones (excluding diaryl/α,β-unsaturated/α-hetero) is 1.